The summed E-state index contributed by atoms with van der Waals surface area (Å²) in [5.41, 5.74) is -0.552. The molecular formula is C15H30N2O3. The molecule has 0 aliphatic rings. The SMILES string of the molecule is CCCCNC(=O)N[C@H](C(=O)OC(C)(C)C)[C@@H](C)CC. The first-order valence-corrected chi connectivity index (χ1v) is 7.48. The molecule has 0 unspecified atom stereocenters. The number of carbonyl (C=O) groups excluding carboxylic acids is 2. The number of ether oxygens (including phenoxy) is 1. The fourth-order valence-corrected chi connectivity index (χ4v) is 1.61. The summed E-state index contributed by atoms with van der Waals surface area (Å²) in [5, 5.41) is 5.48. The molecule has 0 radical (unpaired) electrons. The number of urea groups is 1. The van der Waals surface area contributed by atoms with E-state index < -0.39 is 11.6 Å². The second kappa shape index (κ2) is 8.82. The van der Waals surface area contributed by atoms with Crippen molar-refractivity contribution in [2.24, 2.45) is 5.92 Å². The van der Waals surface area contributed by atoms with Gasteiger partial charge in [0.2, 0.25) is 0 Å². The van der Waals surface area contributed by atoms with Gasteiger partial charge in [0.05, 0.1) is 0 Å². The standard InChI is InChI=1S/C15H30N2O3/c1-7-9-10-16-14(19)17-12(11(3)8-2)13(18)20-15(4,5)6/h11-12H,7-10H2,1-6H3,(H2,16,17,19)/t11-,12-/m0/s1. The first-order chi connectivity index (χ1) is 9.21. The minimum absolute atomic E-state index is 0.0294. The molecule has 2 N–H and O–H groups in total. The lowest BCUT2D eigenvalue weighted by Crippen LogP contribution is -2.51. The smallest absolute Gasteiger partial charge is 0.329 e. The van der Waals surface area contributed by atoms with Gasteiger partial charge in [-0.25, -0.2) is 9.59 Å². The number of esters is 1. The summed E-state index contributed by atoms with van der Waals surface area (Å²) >= 11 is 0. The minimum atomic E-state index is -0.610. The average Bonchev–Trinajstić information content (AvgIpc) is 2.33. The maximum absolute atomic E-state index is 12.2. The second-order valence-corrected chi connectivity index (χ2v) is 6.15. The number of nitrogens with one attached hydrogen (secondary N) is 2. The van der Waals surface area contributed by atoms with Crippen LogP contribution in [0.3, 0.4) is 0 Å². The number of hydrogen-bond donors (Lipinski definition) is 2. The molecule has 0 rings (SSSR count). The van der Waals surface area contributed by atoms with Crippen molar-refractivity contribution in [2.45, 2.75) is 72.4 Å². The van der Waals surface area contributed by atoms with Crippen molar-refractivity contribution in [3.63, 3.8) is 0 Å². The number of amides is 2. The fraction of sp³-hybridized carbons (Fsp3) is 0.867. The summed E-state index contributed by atoms with van der Waals surface area (Å²) in [7, 11) is 0. The third kappa shape index (κ3) is 8.02. The van der Waals surface area contributed by atoms with E-state index in [1.54, 1.807) is 0 Å². The monoisotopic (exact) mass is 286 g/mol. The largest absolute Gasteiger partial charge is 0.458 e. The molecular weight excluding hydrogens is 256 g/mol. The molecule has 0 fully saturated rings. The van der Waals surface area contributed by atoms with E-state index in [0.717, 1.165) is 19.3 Å². The summed E-state index contributed by atoms with van der Waals surface area (Å²) in [4.78, 5) is 23.9. The lowest BCUT2D eigenvalue weighted by atomic mass is 9.99. The van der Waals surface area contributed by atoms with Gasteiger partial charge >= 0.3 is 12.0 Å². The Morgan fingerprint density at radius 2 is 1.80 bits per heavy atom. The van der Waals surface area contributed by atoms with Gasteiger partial charge in [-0.15, -0.1) is 0 Å². The van der Waals surface area contributed by atoms with E-state index in [1.807, 2.05) is 34.6 Å². The number of hydrogen-bond acceptors (Lipinski definition) is 3. The number of unbranched alkanes of at least 4 members (excludes halogenated alkanes) is 1. The normalized spacial score (nSPS) is 14.3. The van der Waals surface area contributed by atoms with E-state index in [2.05, 4.69) is 17.6 Å². The second-order valence-electron chi connectivity index (χ2n) is 6.15. The molecule has 2 atom stereocenters. The van der Waals surface area contributed by atoms with Gasteiger partial charge < -0.3 is 15.4 Å². The van der Waals surface area contributed by atoms with E-state index >= 15 is 0 Å². The van der Waals surface area contributed by atoms with Gasteiger partial charge in [0.25, 0.3) is 0 Å². The van der Waals surface area contributed by atoms with Crippen LogP contribution in [-0.4, -0.2) is 30.2 Å². The average molecular weight is 286 g/mol. The molecule has 0 spiro atoms. The fourth-order valence-electron chi connectivity index (χ4n) is 1.61. The highest BCUT2D eigenvalue weighted by Crippen LogP contribution is 2.14. The highest BCUT2D eigenvalue weighted by molar-refractivity contribution is 5.84. The van der Waals surface area contributed by atoms with Crippen molar-refractivity contribution in [1.29, 1.82) is 0 Å². The summed E-state index contributed by atoms with van der Waals surface area (Å²) in [6.45, 7) is 12.0. The molecule has 0 bridgehead atoms. The zero-order valence-electron chi connectivity index (χ0n) is 13.7. The van der Waals surface area contributed by atoms with E-state index in [-0.39, 0.29) is 17.9 Å². The quantitative estimate of drug-likeness (QED) is 0.558. The van der Waals surface area contributed by atoms with E-state index in [0.29, 0.717) is 6.54 Å². The summed E-state index contributed by atoms with van der Waals surface area (Å²) in [6, 6.07) is -0.921. The predicted molar refractivity (Wildman–Crippen MR) is 80.5 cm³/mol. The van der Waals surface area contributed by atoms with Crippen LogP contribution in [0.1, 0.15) is 60.8 Å². The Morgan fingerprint density at radius 1 is 1.20 bits per heavy atom. The Morgan fingerprint density at radius 3 is 2.25 bits per heavy atom. The third-order valence-electron chi connectivity index (χ3n) is 2.98. The van der Waals surface area contributed by atoms with Crippen LogP contribution in [0.2, 0.25) is 0 Å². The molecule has 0 aliphatic heterocycles. The van der Waals surface area contributed by atoms with Crippen molar-refractivity contribution >= 4 is 12.0 Å². The van der Waals surface area contributed by atoms with E-state index in [9.17, 15) is 9.59 Å². The molecule has 5 nitrogen and oxygen atoms in total. The van der Waals surface area contributed by atoms with Crippen molar-refractivity contribution < 1.29 is 14.3 Å². The van der Waals surface area contributed by atoms with Gasteiger partial charge in [0.1, 0.15) is 11.6 Å². The maximum atomic E-state index is 12.2. The number of carbonyl (C=O) groups is 2. The first kappa shape index (κ1) is 18.7. The molecule has 2 amide bonds. The summed E-state index contributed by atoms with van der Waals surface area (Å²) in [5.74, 6) is -0.348. The summed E-state index contributed by atoms with van der Waals surface area (Å²) < 4.78 is 5.37. The van der Waals surface area contributed by atoms with Gasteiger partial charge in [-0.05, 0) is 33.1 Å². The molecule has 0 aromatic heterocycles. The van der Waals surface area contributed by atoms with Crippen LogP contribution in [0.15, 0.2) is 0 Å². The Kier molecular flexibility index (Phi) is 8.26. The topological polar surface area (TPSA) is 67.4 Å². The van der Waals surface area contributed by atoms with Crippen LogP contribution >= 0.6 is 0 Å². The zero-order chi connectivity index (χ0) is 15.8. The van der Waals surface area contributed by atoms with Crippen LogP contribution in [0.25, 0.3) is 0 Å². The van der Waals surface area contributed by atoms with Gasteiger partial charge in [-0.2, -0.15) is 0 Å². The summed E-state index contributed by atoms with van der Waals surface area (Å²) in [6.07, 6.45) is 2.73. The van der Waals surface area contributed by atoms with Gasteiger partial charge in [0.15, 0.2) is 0 Å². The molecule has 0 aliphatic carbocycles. The Labute approximate surface area is 122 Å². The lowest BCUT2D eigenvalue weighted by molar-refractivity contribution is -0.158. The maximum Gasteiger partial charge on any atom is 0.329 e. The van der Waals surface area contributed by atoms with E-state index in [1.165, 1.54) is 0 Å². The van der Waals surface area contributed by atoms with Crippen molar-refractivity contribution in [3.05, 3.63) is 0 Å². The lowest BCUT2D eigenvalue weighted by Gasteiger charge is -2.27. The highest BCUT2D eigenvalue weighted by atomic mass is 16.6. The highest BCUT2D eigenvalue weighted by Gasteiger charge is 2.30. The molecule has 0 heterocycles. The third-order valence-corrected chi connectivity index (χ3v) is 2.98. The van der Waals surface area contributed by atoms with Gasteiger partial charge in [-0.1, -0.05) is 33.6 Å². The molecule has 20 heavy (non-hydrogen) atoms. The Balaban J connectivity index is 4.57. The first-order valence-electron chi connectivity index (χ1n) is 7.48. The molecule has 5 heteroatoms. The molecule has 0 saturated carbocycles. The van der Waals surface area contributed by atoms with Crippen molar-refractivity contribution in [1.82, 2.24) is 10.6 Å². The van der Waals surface area contributed by atoms with E-state index in [4.69, 9.17) is 4.74 Å². The van der Waals surface area contributed by atoms with Crippen LogP contribution < -0.4 is 10.6 Å². The van der Waals surface area contributed by atoms with Crippen LogP contribution in [0.5, 0.6) is 0 Å². The predicted octanol–water partition coefficient (Wildman–Crippen LogP) is 2.84. The molecule has 0 aromatic rings. The molecule has 118 valence electrons. The minimum Gasteiger partial charge on any atom is -0.458 e. The molecule has 0 saturated heterocycles. The zero-order valence-corrected chi connectivity index (χ0v) is 13.7. The molecule has 0 aromatic carbocycles. The van der Waals surface area contributed by atoms with Crippen LogP contribution in [0, 0.1) is 5.92 Å². The van der Waals surface area contributed by atoms with Crippen molar-refractivity contribution in [3.8, 4) is 0 Å². The van der Waals surface area contributed by atoms with Gasteiger partial charge in [-0.3, -0.25) is 0 Å². The Hall–Kier alpha value is -1.26. The van der Waals surface area contributed by atoms with Crippen LogP contribution in [0.4, 0.5) is 4.79 Å². The number of rotatable bonds is 7. The van der Waals surface area contributed by atoms with Gasteiger partial charge in [0, 0.05) is 6.54 Å². The van der Waals surface area contributed by atoms with Crippen LogP contribution in [-0.2, 0) is 9.53 Å². The Bertz CT molecular complexity index is 311. The van der Waals surface area contributed by atoms with Crippen molar-refractivity contribution in [2.75, 3.05) is 6.54 Å².